The van der Waals surface area contributed by atoms with Gasteiger partial charge in [-0.15, -0.1) is 11.8 Å². The summed E-state index contributed by atoms with van der Waals surface area (Å²) in [6.07, 6.45) is 0. The van der Waals surface area contributed by atoms with Crippen LogP contribution in [0.5, 0.6) is 0 Å². The molecule has 0 saturated carbocycles. The van der Waals surface area contributed by atoms with Crippen molar-refractivity contribution in [2.75, 3.05) is 11.1 Å². The Morgan fingerprint density at radius 3 is 2.20 bits per heavy atom. The number of amides is 1. The number of hydrogen-bond donors (Lipinski definition) is 1. The van der Waals surface area contributed by atoms with E-state index in [4.69, 9.17) is 0 Å². The molecule has 2 aromatic rings. The third kappa shape index (κ3) is 3.64. The molecule has 0 aromatic heterocycles. The lowest BCUT2D eigenvalue weighted by molar-refractivity contribution is -0.113. The number of hydrogen-bond acceptors (Lipinski definition) is 2. The van der Waals surface area contributed by atoms with Gasteiger partial charge in [-0.3, -0.25) is 4.79 Å². The van der Waals surface area contributed by atoms with E-state index in [-0.39, 0.29) is 5.91 Å². The minimum absolute atomic E-state index is 0.0376. The highest BCUT2D eigenvalue weighted by atomic mass is 32.2. The Balaban J connectivity index is 1.98. The number of rotatable bonds is 4. The minimum atomic E-state index is 0.0376. The first kappa shape index (κ1) is 14.7. The molecule has 0 aliphatic carbocycles. The van der Waals surface area contributed by atoms with Crippen LogP contribution in [0.25, 0.3) is 0 Å². The van der Waals surface area contributed by atoms with Crippen molar-refractivity contribution in [2.24, 2.45) is 0 Å². The molecular weight excluding hydrogens is 266 g/mol. The Labute approximate surface area is 124 Å². The first-order valence-corrected chi connectivity index (χ1v) is 7.61. The first-order valence-electron chi connectivity index (χ1n) is 6.62. The number of para-hydroxylation sites is 1. The van der Waals surface area contributed by atoms with Crippen molar-refractivity contribution in [1.82, 2.24) is 0 Å². The molecule has 1 N–H and O–H groups in total. The summed E-state index contributed by atoms with van der Waals surface area (Å²) < 4.78 is 0. The lowest BCUT2D eigenvalue weighted by Gasteiger charge is -2.11. The van der Waals surface area contributed by atoms with Crippen LogP contribution in [0.15, 0.2) is 47.4 Å². The van der Waals surface area contributed by atoms with Crippen molar-refractivity contribution in [2.45, 2.75) is 25.7 Å². The van der Waals surface area contributed by atoms with Gasteiger partial charge in [0.25, 0.3) is 0 Å². The highest BCUT2D eigenvalue weighted by Gasteiger charge is 2.08. The molecule has 0 fully saturated rings. The van der Waals surface area contributed by atoms with Crippen molar-refractivity contribution in [3.63, 3.8) is 0 Å². The Morgan fingerprint density at radius 2 is 1.55 bits per heavy atom. The van der Waals surface area contributed by atoms with Gasteiger partial charge in [-0.05, 0) is 43.5 Å². The van der Waals surface area contributed by atoms with Gasteiger partial charge in [-0.2, -0.15) is 0 Å². The highest BCUT2D eigenvalue weighted by molar-refractivity contribution is 8.00. The number of nitrogens with one attached hydrogen (secondary N) is 1. The quantitative estimate of drug-likeness (QED) is 0.847. The molecule has 3 heteroatoms. The fourth-order valence-corrected chi connectivity index (χ4v) is 2.88. The summed E-state index contributed by atoms with van der Waals surface area (Å²) in [6.45, 7) is 6.08. The van der Waals surface area contributed by atoms with Crippen molar-refractivity contribution in [3.8, 4) is 0 Å². The summed E-state index contributed by atoms with van der Waals surface area (Å²) in [5.41, 5.74) is 4.33. The highest BCUT2D eigenvalue weighted by Crippen LogP contribution is 2.23. The van der Waals surface area contributed by atoms with E-state index < -0.39 is 0 Å². The normalized spacial score (nSPS) is 10.3. The second-order valence-corrected chi connectivity index (χ2v) is 5.89. The van der Waals surface area contributed by atoms with E-state index in [1.54, 1.807) is 11.8 Å². The summed E-state index contributed by atoms with van der Waals surface area (Å²) in [7, 11) is 0. The minimum Gasteiger partial charge on any atom is -0.325 e. The van der Waals surface area contributed by atoms with E-state index >= 15 is 0 Å². The fraction of sp³-hybridized carbons (Fsp3) is 0.235. The van der Waals surface area contributed by atoms with Gasteiger partial charge in [0, 0.05) is 10.6 Å². The number of benzene rings is 2. The predicted octanol–water partition coefficient (Wildman–Crippen LogP) is 4.34. The SMILES string of the molecule is Cc1ccccc1SCC(=O)Nc1c(C)cccc1C. The van der Waals surface area contributed by atoms with Crippen LogP contribution in [0.3, 0.4) is 0 Å². The topological polar surface area (TPSA) is 29.1 Å². The second kappa shape index (κ2) is 6.62. The van der Waals surface area contributed by atoms with Gasteiger partial charge in [0.15, 0.2) is 0 Å². The van der Waals surface area contributed by atoms with Crippen LogP contribution in [0.1, 0.15) is 16.7 Å². The van der Waals surface area contributed by atoms with E-state index in [0.717, 1.165) is 21.7 Å². The number of aryl methyl sites for hydroxylation is 3. The van der Waals surface area contributed by atoms with Gasteiger partial charge in [0.2, 0.25) is 5.91 Å². The van der Waals surface area contributed by atoms with Crippen LogP contribution in [0.2, 0.25) is 0 Å². The molecule has 0 spiro atoms. The van der Waals surface area contributed by atoms with E-state index in [9.17, 15) is 4.79 Å². The van der Waals surface area contributed by atoms with E-state index in [1.807, 2.05) is 50.2 Å². The molecule has 0 aliphatic heterocycles. The van der Waals surface area contributed by atoms with Crippen LogP contribution in [0.4, 0.5) is 5.69 Å². The molecule has 0 unspecified atom stereocenters. The third-order valence-corrected chi connectivity index (χ3v) is 4.37. The zero-order valence-corrected chi connectivity index (χ0v) is 12.9. The Kier molecular flexibility index (Phi) is 4.85. The van der Waals surface area contributed by atoms with Crippen LogP contribution in [-0.4, -0.2) is 11.7 Å². The average molecular weight is 285 g/mol. The molecule has 0 radical (unpaired) electrons. The Bertz CT molecular complexity index is 602. The van der Waals surface area contributed by atoms with Gasteiger partial charge in [-0.25, -0.2) is 0 Å². The van der Waals surface area contributed by atoms with Crippen LogP contribution >= 0.6 is 11.8 Å². The molecule has 0 bridgehead atoms. The van der Waals surface area contributed by atoms with Crippen LogP contribution < -0.4 is 5.32 Å². The Morgan fingerprint density at radius 1 is 0.950 bits per heavy atom. The van der Waals surface area contributed by atoms with E-state index in [2.05, 4.69) is 18.3 Å². The number of carbonyl (C=O) groups is 1. The molecule has 2 rings (SSSR count). The second-order valence-electron chi connectivity index (χ2n) is 4.87. The van der Waals surface area contributed by atoms with E-state index in [1.165, 1.54) is 5.56 Å². The summed E-state index contributed by atoms with van der Waals surface area (Å²) in [6, 6.07) is 14.1. The number of carbonyl (C=O) groups excluding carboxylic acids is 1. The number of anilines is 1. The van der Waals surface area contributed by atoms with Gasteiger partial charge in [-0.1, -0.05) is 36.4 Å². The molecule has 2 aromatic carbocycles. The smallest absolute Gasteiger partial charge is 0.234 e. The van der Waals surface area contributed by atoms with Crippen molar-refractivity contribution >= 4 is 23.4 Å². The van der Waals surface area contributed by atoms with Crippen LogP contribution in [-0.2, 0) is 4.79 Å². The maximum Gasteiger partial charge on any atom is 0.234 e. The van der Waals surface area contributed by atoms with Gasteiger partial charge >= 0.3 is 0 Å². The molecule has 0 heterocycles. The molecular formula is C17H19NOS. The largest absolute Gasteiger partial charge is 0.325 e. The molecule has 104 valence electrons. The number of thioether (sulfide) groups is 1. The van der Waals surface area contributed by atoms with Crippen molar-refractivity contribution < 1.29 is 4.79 Å². The van der Waals surface area contributed by atoms with Crippen molar-refractivity contribution in [1.29, 1.82) is 0 Å². The van der Waals surface area contributed by atoms with E-state index in [0.29, 0.717) is 5.75 Å². The standard InChI is InChI=1S/C17H19NOS/c1-12-7-4-5-10-15(12)20-11-16(19)18-17-13(2)8-6-9-14(17)3/h4-10H,11H2,1-3H3,(H,18,19). The van der Waals surface area contributed by atoms with Crippen molar-refractivity contribution in [3.05, 3.63) is 59.2 Å². The first-order chi connectivity index (χ1) is 9.58. The molecule has 0 aliphatic rings. The zero-order valence-electron chi connectivity index (χ0n) is 12.1. The van der Waals surface area contributed by atoms with Gasteiger partial charge < -0.3 is 5.32 Å². The molecule has 1 amide bonds. The molecule has 0 saturated heterocycles. The lowest BCUT2D eigenvalue weighted by atomic mass is 10.1. The maximum atomic E-state index is 12.1. The maximum absolute atomic E-state index is 12.1. The lowest BCUT2D eigenvalue weighted by Crippen LogP contribution is -2.15. The average Bonchev–Trinajstić information content (AvgIpc) is 2.42. The monoisotopic (exact) mass is 285 g/mol. The third-order valence-electron chi connectivity index (χ3n) is 3.20. The summed E-state index contributed by atoms with van der Waals surface area (Å²) in [5, 5.41) is 3.01. The predicted molar refractivity (Wildman–Crippen MR) is 86.4 cm³/mol. The molecule has 20 heavy (non-hydrogen) atoms. The summed E-state index contributed by atoms with van der Waals surface area (Å²) >= 11 is 1.57. The molecule has 0 atom stereocenters. The molecule has 2 nitrogen and oxygen atoms in total. The Hall–Kier alpha value is -1.74. The van der Waals surface area contributed by atoms with Crippen LogP contribution in [0, 0.1) is 20.8 Å². The fourth-order valence-electron chi connectivity index (χ4n) is 2.05. The van der Waals surface area contributed by atoms with Gasteiger partial charge in [0.1, 0.15) is 0 Å². The van der Waals surface area contributed by atoms with Gasteiger partial charge in [0.05, 0.1) is 5.75 Å². The zero-order chi connectivity index (χ0) is 14.5. The summed E-state index contributed by atoms with van der Waals surface area (Å²) in [5.74, 6) is 0.467. The summed E-state index contributed by atoms with van der Waals surface area (Å²) in [4.78, 5) is 13.2.